The number of carbonyl (C=O) groups is 1. The average molecular weight is 388 g/mol. The highest BCUT2D eigenvalue weighted by molar-refractivity contribution is 5.98. The third-order valence-corrected chi connectivity index (χ3v) is 5.68. The lowest BCUT2D eigenvalue weighted by Crippen LogP contribution is -2.32. The first kappa shape index (κ1) is 17.9. The van der Waals surface area contributed by atoms with Crippen LogP contribution in [-0.4, -0.2) is 34.6 Å². The van der Waals surface area contributed by atoms with Gasteiger partial charge in [-0.3, -0.25) is 14.2 Å². The Hall–Kier alpha value is -3.15. The number of anilines is 1. The average Bonchev–Trinajstić information content (AvgIpc) is 3.39. The largest absolute Gasteiger partial charge is 0.349 e. The van der Waals surface area contributed by atoms with E-state index in [-0.39, 0.29) is 11.5 Å². The SMILES string of the molecule is O=C(NC1CC1)c1ccc2c(=O)n(Cc3ccccc3)c(N3CCCC3)nc2c1. The second kappa shape index (κ2) is 7.35. The number of nitrogens with one attached hydrogen (secondary N) is 1. The zero-order valence-corrected chi connectivity index (χ0v) is 16.3. The van der Waals surface area contributed by atoms with Crippen LogP contribution >= 0.6 is 0 Å². The van der Waals surface area contributed by atoms with Crippen molar-refractivity contribution < 1.29 is 4.79 Å². The van der Waals surface area contributed by atoms with Crippen molar-refractivity contribution in [1.29, 1.82) is 0 Å². The van der Waals surface area contributed by atoms with Crippen LogP contribution in [-0.2, 0) is 6.54 Å². The van der Waals surface area contributed by atoms with Gasteiger partial charge in [-0.1, -0.05) is 30.3 Å². The van der Waals surface area contributed by atoms with Crippen molar-refractivity contribution in [3.05, 3.63) is 70.0 Å². The number of aromatic nitrogens is 2. The molecule has 29 heavy (non-hydrogen) atoms. The fourth-order valence-electron chi connectivity index (χ4n) is 3.91. The Morgan fingerprint density at radius 1 is 1.07 bits per heavy atom. The highest BCUT2D eigenvalue weighted by Crippen LogP contribution is 2.23. The maximum Gasteiger partial charge on any atom is 0.263 e. The van der Waals surface area contributed by atoms with Gasteiger partial charge >= 0.3 is 0 Å². The summed E-state index contributed by atoms with van der Waals surface area (Å²) in [5.41, 5.74) is 2.15. The molecule has 1 N–H and O–H groups in total. The van der Waals surface area contributed by atoms with E-state index in [0.29, 0.717) is 35.0 Å². The minimum atomic E-state index is -0.0904. The summed E-state index contributed by atoms with van der Waals surface area (Å²) in [5, 5.41) is 3.55. The summed E-state index contributed by atoms with van der Waals surface area (Å²) >= 11 is 0. The van der Waals surface area contributed by atoms with E-state index in [1.54, 1.807) is 22.8 Å². The van der Waals surface area contributed by atoms with Crippen LogP contribution in [0.3, 0.4) is 0 Å². The van der Waals surface area contributed by atoms with Crippen LogP contribution < -0.4 is 15.8 Å². The van der Waals surface area contributed by atoms with Gasteiger partial charge in [0.05, 0.1) is 17.4 Å². The van der Waals surface area contributed by atoms with Gasteiger partial charge in [-0.2, -0.15) is 0 Å². The van der Waals surface area contributed by atoms with Crippen molar-refractivity contribution in [3.8, 4) is 0 Å². The summed E-state index contributed by atoms with van der Waals surface area (Å²) in [6, 6.07) is 15.5. The number of benzene rings is 2. The van der Waals surface area contributed by atoms with Gasteiger partial charge < -0.3 is 10.2 Å². The molecule has 2 fully saturated rings. The van der Waals surface area contributed by atoms with Gasteiger partial charge in [0, 0.05) is 24.7 Å². The number of amides is 1. The molecule has 1 saturated heterocycles. The van der Waals surface area contributed by atoms with Crippen molar-refractivity contribution in [2.24, 2.45) is 0 Å². The van der Waals surface area contributed by atoms with Crippen molar-refractivity contribution in [1.82, 2.24) is 14.9 Å². The fraction of sp³-hybridized carbons (Fsp3) is 0.348. The van der Waals surface area contributed by atoms with E-state index in [9.17, 15) is 9.59 Å². The topological polar surface area (TPSA) is 67.2 Å². The summed E-state index contributed by atoms with van der Waals surface area (Å²) in [4.78, 5) is 32.9. The first-order valence-electron chi connectivity index (χ1n) is 10.3. The zero-order chi connectivity index (χ0) is 19.8. The highest BCUT2D eigenvalue weighted by atomic mass is 16.1. The number of rotatable bonds is 5. The molecule has 1 aliphatic carbocycles. The minimum absolute atomic E-state index is 0.0603. The molecule has 2 aliphatic rings. The van der Waals surface area contributed by atoms with Crippen LogP contribution in [0.2, 0.25) is 0 Å². The molecular formula is C23H24N4O2. The monoisotopic (exact) mass is 388 g/mol. The van der Waals surface area contributed by atoms with E-state index < -0.39 is 0 Å². The molecule has 3 aromatic rings. The molecule has 0 atom stereocenters. The molecule has 0 radical (unpaired) electrons. The minimum Gasteiger partial charge on any atom is -0.349 e. The van der Waals surface area contributed by atoms with Gasteiger partial charge in [0.2, 0.25) is 5.95 Å². The first-order chi connectivity index (χ1) is 14.2. The van der Waals surface area contributed by atoms with Crippen molar-refractivity contribution in [2.75, 3.05) is 18.0 Å². The summed E-state index contributed by atoms with van der Waals surface area (Å²) in [6.45, 7) is 2.28. The molecule has 0 bridgehead atoms. The van der Waals surface area contributed by atoms with Gasteiger partial charge in [-0.15, -0.1) is 0 Å². The fourth-order valence-corrected chi connectivity index (χ4v) is 3.91. The Balaban J connectivity index is 1.60. The Kier molecular flexibility index (Phi) is 4.54. The molecule has 148 valence electrons. The van der Waals surface area contributed by atoms with E-state index >= 15 is 0 Å². The molecule has 5 rings (SSSR count). The van der Waals surface area contributed by atoms with Gasteiger partial charge in [0.1, 0.15) is 0 Å². The molecule has 2 heterocycles. The lowest BCUT2D eigenvalue weighted by atomic mass is 10.1. The third-order valence-electron chi connectivity index (χ3n) is 5.68. The molecule has 0 unspecified atom stereocenters. The molecule has 2 aromatic carbocycles. The van der Waals surface area contributed by atoms with Gasteiger partial charge in [-0.25, -0.2) is 4.98 Å². The van der Waals surface area contributed by atoms with Gasteiger partial charge in [0.15, 0.2) is 0 Å². The maximum atomic E-state index is 13.4. The van der Waals surface area contributed by atoms with Crippen LogP contribution in [0.1, 0.15) is 41.6 Å². The Morgan fingerprint density at radius 3 is 2.55 bits per heavy atom. The predicted octanol–water partition coefficient (Wildman–Crippen LogP) is 2.94. The molecule has 1 saturated carbocycles. The smallest absolute Gasteiger partial charge is 0.263 e. The lowest BCUT2D eigenvalue weighted by Gasteiger charge is -2.22. The van der Waals surface area contributed by atoms with E-state index in [1.807, 2.05) is 30.3 Å². The van der Waals surface area contributed by atoms with Crippen LogP contribution in [0.5, 0.6) is 0 Å². The lowest BCUT2D eigenvalue weighted by molar-refractivity contribution is 0.0951. The molecule has 1 amide bonds. The second-order valence-electron chi connectivity index (χ2n) is 7.96. The summed E-state index contributed by atoms with van der Waals surface area (Å²) in [6.07, 6.45) is 4.29. The van der Waals surface area contributed by atoms with Gasteiger partial charge in [0.25, 0.3) is 11.5 Å². The Labute approximate surface area is 169 Å². The summed E-state index contributed by atoms with van der Waals surface area (Å²) in [7, 11) is 0. The Bertz CT molecular complexity index is 1110. The van der Waals surface area contributed by atoms with Crippen molar-refractivity contribution in [3.63, 3.8) is 0 Å². The molecule has 1 aromatic heterocycles. The number of nitrogens with zero attached hydrogens (tertiary/aromatic N) is 3. The van der Waals surface area contributed by atoms with Crippen LogP contribution in [0.15, 0.2) is 53.3 Å². The molecular weight excluding hydrogens is 364 g/mol. The zero-order valence-electron chi connectivity index (χ0n) is 16.3. The standard InChI is InChI=1S/C23H24N4O2/c28-21(24-18-9-10-18)17-8-11-19-20(14-17)25-23(26-12-4-5-13-26)27(22(19)29)15-16-6-2-1-3-7-16/h1-3,6-8,11,14,18H,4-5,9-10,12-13,15H2,(H,24,28). The van der Waals surface area contributed by atoms with Crippen LogP contribution in [0.25, 0.3) is 10.9 Å². The summed E-state index contributed by atoms with van der Waals surface area (Å²) < 4.78 is 1.77. The van der Waals surface area contributed by atoms with E-state index in [4.69, 9.17) is 4.98 Å². The quantitative estimate of drug-likeness (QED) is 0.730. The van der Waals surface area contributed by atoms with Crippen LogP contribution in [0.4, 0.5) is 5.95 Å². The Morgan fingerprint density at radius 2 is 1.83 bits per heavy atom. The molecule has 6 heteroatoms. The first-order valence-corrected chi connectivity index (χ1v) is 10.3. The van der Waals surface area contributed by atoms with Crippen molar-refractivity contribution in [2.45, 2.75) is 38.3 Å². The number of hydrogen-bond acceptors (Lipinski definition) is 4. The third kappa shape index (κ3) is 3.62. The number of hydrogen-bond donors (Lipinski definition) is 1. The van der Waals surface area contributed by atoms with Crippen molar-refractivity contribution >= 4 is 22.8 Å². The predicted molar refractivity (Wildman–Crippen MR) is 113 cm³/mol. The number of fused-ring (bicyclic) bond motifs is 1. The van der Waals surface area contributed by atoms with Crippen LogP contribution in [0, 0.1) is 0 Å². The normalized spacial score (nSPS) is 16.3. The molecule has 6 nitrogen and oxygen atoms in total. The highest BCUT2D eigenvalue weighted by Gasteiger charge is 2.25. The second-order valence-corrected chi connectivity index (χ2v) is 7.96. The van der Waals surface area contributed by atoms with Gasteiger partial charge in [-0.05, 0) is 49.4 Å². The molecule has 0 spiro atoms. The van der Waals surface area contributed by atoms with E-state index in [0.717, 1.165) is 44.3 Å². The number of carbonyl (C=O) groups excluding carboxylic acids is 1. The maximum absolute atomic E-state index is 13.4. The van der Waals surface area contributed by atoms with E-state index in [1.165, 1.54) is 0 Å². The summed E-state index contributed by atoms with van der Waals surface area (Å²) in [5.74, 6) is 0.607. The van der Waals surface area contributed by atoms with E-state index in [2.05, 4.69) is 10.2 Å². The molecule has 1 aliphatic heterocycles.